The van der Waals surface area contributed by atoms with Gasteiger partial charge in [-0.1, -0.05) is 6.42 Å². The molecule has 0 radical (unpaired) electrons. The maximum absolute atomic E-state index is 11.9. The van der Waals surface area contributed by atoms with E-state index in [1.807, 2.05) is 0 Å². The maximum Gasteiger partial charge on any atom is 0.224 e. The third kappa shape index (κ3) is 5.36. The van der Waals surface area contributed by atoms with Gasteiger partial charge in [0.1, 0.15) is 0 Å². The fourth-order valence-electron chi connectivity index (χ4n) is 2.61. The van der Waals surface area contributed by atoms with Crippen LogP contribution in [0.5, 0.6) is 0 Å². The summed E-state index contributed by atoms with van der Waals surface area (Å²) in [5.74, 6) is 0.185. The average Bonchev–Trinajstić information content (AvgIpc) is 2.77. The summed E-state index contributed by atoms with van der Waals surface area (Å²) in [6, 6.07) is 7.23. The number of carbonyl (C=O) groups is 2. The summed E-state index contributed by atoms with van der Waals surface area (Å²) in [6.07, 6.45) is 3.65. The number of halogens is 1. The van der Waals surface area contributed by atoms with E-state index < -0.39 is 0 Å². The van der Waals surface area contributed by atoms with Gasteiger partial charge in [0.2, 0.25) is 11.8 Å². The molecule has 2 rings (SSSR count). The van der Waals surface area contributed by atoms with Gasteiger partial charge >= 0.3 is 0 Å². The summed E-state index contributed by atoms with van der Waals surface area (Å²) in [5, 5.41) is 5.54. The molecule has 0 spiro atoms. The molecule has 1 aliphatic carbocycles. The Kier molecular flexibility index (Phi) is 6.65. The third-order valence-corrected chi connectivity index (χ3v) is 3.65. The standard InChI is InChI=1S/C15H21N3O2.ClH/c1-10(19)17-12-5-7-13(8-6-12)18-15(20)9-11-3-2-4-14(11)16;/h5-8,11,14H,2-4,9,16H2,1H3,(H,17,19)(H,18,20);1H/t11-,14+;/m0./s1. The van der Waals surface area contributed by atoms with Crippen molar-refractivity contribution in [3.8, 4) is 0 Å². The molecule has 0 saturated heterocycles. The van der Waals surface area contributed by atoms with E-state index >= 15 is 0 Å². The molecule has 1 saturated carbocycles. The van der Waals surface area contributed by atoms with Gasteiger partial charge in [0.05, 0.1) is 0 Å². The summed E-state index contributed by atoms with van der Waals surface area (Å²) in [5.41, 5.74) is 7.41. The average molecular weight is 312 g/mol. The van der Waals surface area contributed by atoms with Crippen LogP contribution >= 0.6 is 12.4 Å². The molecule has 4 N–H and O–H groups in total. The minimum Gasteiger partial charge on any atom is -0.327 e. The Hall–Kier alpha value is -1.59. The van der Waals surface area contributed by atoms with Crippen LogP contribution < -0.4 is 16.4 Å². The van der Waals surface area contributed by atoms with E-state index in [0.29, 0.717) is 18.0 Å². The van der Waals surface area contributed by atoms with Crippen LogP contribution in [0.4, 0.5) is 11.4 Å². The predicted octanol–water partition coefficient (Wildman–Crippen LogP) is 2.52. The number of nitrogens with two attached hydrogens (primary N) is 1. The molecule has 0 bridgehead atoms. The number of rotatable bonds is 4. The van der Waals surface area contributed by atoms with Crippen molar-refractivity contribution in [1.29, 1.82) is 0 Å². The smallest absolute Gasteiger partial charge is 0.224 e. The minimum absolute atomic E-state index is 0. The Morgan fingerprint density at radius 2 is 1.71 bits per heavy atom. The van der Waals surface area contributed by atoms with Crippen molar-refractivity contribution in [2.24, 2.45) is 11.7 Å². The molecule has 0 aliphatic heterocycles. The lowest BCUT2D eigenvalue weighted by Crippen LogP contribution is -2.28. The van der Waals surface area contributed by atoms with Crippen molar-refractivity contribution in [3.63, 3.8) is 0 Å². The molecule has 1 aromatic carbocycles. The van der Waals surface area contributed by atoms with Gasteiger partial charge in [-0.2, -0.15) is 0 Å². The fraction of sp³-hybridized carbons (Fsp3) is 0.467. The lowest BCUT2D eigenvalue weighted by Gasteiger charge is -2.14. The van der Waals surface area contributed by atoms with Crippen molar-refractivity contribution >= 4 is 35.6 Å². The number of nitrogens with one attached hydrogen (secondary N) is 2. The molecule has 1 fully saturated rings. The molecule has 21 heavy (non-hydrogen) atoms. The zero-order valence-electron chi connectivity index (χ0n) is 12.1. The van der Waals surface area contributed by atoms with Gasteiger partial charge in [-0.05, 0) is 43.0 Å². The highest BCUT2D eigenvalue weighted by molar-refractivity contribution is 5.92. The van der Waals surface area contributed by atoms with Crippen LogP contribution in [-0.2, 0) is 9.59 Å². The Labute approximate surface area is 131 Å². The highest BCUT2D eigenvalue weighted by Crippen LogP contribution is 2.27. The summed E-state index contributed by atoms with van der Waals surface area (Å²) < 4.78 is 0. The molecule has 0 heterocycles. The van der Waals surface area contributed by atoms with E-state index in [-0.39, 0.29) is 30.3 Å². The van der Waals surface area contributed by atoms with Crippen molar-refractivity contribution in [3.05, 3.63) is 24.3 Å². The van der Waals surface area contributed by atoms with Crippen LogP contribution in [0.2, 0.25) is 0 Å². The molecule has 5 nitrogen and oxygen atoms in total. The number of carbonyl (C=O) groups excluding carboxylic acids is 2. The van der Waals surface area contributed by atoms with E-state index in [1.54, 1.807) is 24.3 Å². The number of benzene rings is 1. The molecule has 0 unspecified atom stereocenters. The third-order valence-electron chi connectivity index (χ3n) is 3.65. The van der Waals surface area contributed by atoms with Crippen LogP contribution in [0.1, 0.15) is 32.6 Å². The molecular formula is C15H22ClN3O2. The Bertz CT molecular complexity index is 490. The second-order valence-corrected chi connectivity index (χ2v) is 5.37. The van der Waals surface area contributed by atoms with Gasteiger partial charge in [0.15, 0.2) is 0 Å². The van der Waals surface area contributed by atoms with Crippen LogP contribution in [0.15, 0.2) is 24.3 Å². The number of anilines is 2. The highest BCUT2D eigenvalue weighted by Gasteiger charge is 2.25. The molecule has 1 aromatic rings. The topological polar surface area (TPSA) is 84.2 Å². The van der Waals surface area contributed by atoms with Crippen molar-refractivity contribution in [2.45, 2.75) is 38.6 Å². The zero-order chi connectivity index (χ0) is 14.5. The van der Waals surface area contributed by atoms with Gasteiger partial charge in [-0.3, -0.25) is 9.59 Å². The summed E-state index contributed by atoms with van der Waals surface area (Å²) >= 11 is 0. The largest absolute Gasteiger partial charge is 0.327 e. The lowest BCUT2D eigenvalue weighted by atomic mass is 10.00. The van der Waals surface area contributed by atoms with Crippen molar-refractivity contribution in [2.75, 3.05) is 10.6 Å². The van der Waals surface area contributed by atoms with Crippen LogP contribution in [-0.4, -0.2) is 17.9 Å². The molecule has 2 amide bonds. The second kappa shape index (κ2) is 8.00. The van der Waals surface area contributed by atoms with Gasteiger partial charge in [-0.15, -0.1) is 12.4 Å². The zero-order valence-corrected chi connectivity index (χ0v) is 12.9. The Balaban J connectivity index is 0.00000220. The Morgan fingerprint density at radius 3 is 2.19 bits per heavy atom. The summed E-state index contributed by atoms with van der Waals surface area (Å²) in [7, 11) is 0. The van der Waals surface area contributed by atoms with Crippen LogP contribution in [0.25, 0.3) is 0 Å². The maximum atomic E-state index is 11.9. The summed E-state index contributed by atoms with van der Waals surface area (Å²) in [6.45, 7) is 1.46. The number of hydrogen-bond acceptors (Lipinski definition) is 3. The SMILES string of the molecule is CC(=O)Nc1ccc(NC(=O)C[C@@H]2CCC[C@H]2N)cc1.Cl. The first-order valence-electron chi connectivity index (χ1n) is 6.97. The first-order valence-corrected chi connectivity index (χ1v) is 6.97. The quantitative estimate of drug-likeness (QED) is 0.799. The van der Waals surface area contributed by atoms with Crippen LogP contribution in [0, 0.1) is 5.92 Å². The van der Waals surface area contributed by atoms with E-state index in [1.165, 1.54) is 6.92 Å². The van der Waals surface area contributed by atoms with E-state index in [0.717, 1.165) is 24.9 Å². The van der Waals surface area contributed by atoms with Gasteiger partial charge in [-0.25, -0.2) is 0 Å². The number of amides is 2. The van der Waals surface area contributed by atoms with E-state index in [2.05, 4.69) is 10.6 Å². The molecule has 6 heteroatoms. The molecular weight excluding hydrogens is 290 g/mol. The fourth-order valence-corrected chi connectivity index (χ4v) is 2.61. The van der Waals surface area contributed by atoms with Crippen LogP contribution in [0.3, 0.4) is 0 Å². The Morgan fingerprint density at radius 1 is 1.14 bits per heavy atom. The van der Waals surface area contributed by atoms with E-state index in [9.17, 15) is 9.59 Å². The van der Waals surface area contributed by atoms with Gasteiger partial charge < -0.3 is 16.4 Å². The monoisotopic (exact) mass is 311 g/mol. The van der Waals surface area contributed by atoms with E-state index in [4.69, 9.17) is 5.73 Å². The lowest BCUT2D eigenvalue weighted by molar-refractivity contribution is -0.117. The first-order chi connectivity index (χ1) is 9.54. The van der Waals surface area contributed by atoms with Crippen molar-refractivity contribution in [1.82, 2.24) is 0 Å². The second-order valence-electron chi connectivity index (χ2n) is 5.37. The molecule has 116 valence electrons. The molecule has 2 atom stereocenters. The molecule has 1 aliphatic rings. The summed E-state index contributed by atoms with van der Waals surface area (Å²) in [4.78, 5) is 22.8. The minimum atomic E-state index is -0.114. The van der Waals surface area contributed by atoms with Gasteiger partial charge in [0, 0.05) is 30.8 Å². The van der Waals surface area contributed by atoms with Gasteiger partial charge in [0.25, 0.3) is 0 Å². The highest BCUT2D eigenvalue weighted by atomic mass is 35.5. The van der Waals surface area contributed by atoms with Crippen molar-refractivity contribution < 1.29 is 9.59 Å². The first kappa shape index (κ1) is 17.5. The predicted molar refractivity (Wildman–Crippen MR) is 86.6 cm³/mol. The molecule has 0 aromatic heterocycles. The normalized spacial score (nSPS) is 20.5. The number of hydrogen-bond donors (Lipinski definition) is 3.